The van der Waals surface area contributed by atoms with E-state index < -0.39 is 17.8 Å². The van der Waals surface area contributed by atoms with Crippen LogP contribution in [0, 0.1) is 0 Å². The highest BCUT2D eigenvalue weighted by molar-refractivity contribution is 6.39. The van der Waals surface area contributed by atoms with Crippen LogP contribution in [0.25, 0.3) is 16.8 Å². The lowest BCUT2D eigenvalue weighted by atomic mass is 10.1. The summed E-state index contributed by atoms with van der Waals surface area (Å²) in [6.07, 6.45) is 1.40. The van der Waals surface area contributed by atoms with E-state index in [2.05, 4.69) is 5.32 Å². The molecule has 1 aliphatic heterocycles. The molecule has 0 atom stereocenters. The number of carbonyl (C=O) groups excluding carboxylic acids is 3. The maximum atomic E-state index is 13.4. The summed E-state index contributed by atoms with van der Waals surface area (Å²) in [6, 6.07) is 34.4. The Balaban J connectivity index is 1.16. The molecule has 5 aromatic rings. The van der Waals surface area contributed by atoms with Gasteiger partial charge in [-0.05, 0) is 69.9 Å². The smallest absolute Gasteiger partial charge is 0.335 e. The minimum Gasteiger partial charge on any atom is -0.489 e. The predicted molar refractivity (Wildman–Crippen MR) is 166 cm³/mol. The number of halogens is 1. The van der Waals surface area contributed by atoms with Crippen LogP contribution in [-0.4, -0.2) is 17.8 Å². The number of nitrogens with zero attached hydrogens (tertiary/aromatic N) is 1. The fraction of sp³-hybridized carbons (Fsp3) is 0.0571. The van der Waals surface area contributed by atoms with Gasteiger partial charge >= 0.3 is 6.03 Å². The molecule has 6 rings (SSSR count). The van der Waals surface area contributed by atoms with Crippen LogP contribution in [-0.2, 0) is 22.8 Å². The van der Waals surface area contributed by atoms with Gasteiger partial charge in [-0.15, -0.1) is 0 Å². The van der Waals surface area contributed by atoms with Crippen molar-refractivity contribution in [2.24, 2.45) is 0 Å². The van der Waals surface area contributed by atoms with Crippen LogP contribution in [0.15, 0.2) is 121 Å². The Morgan fingerprint density at radius 1 is 0.744 bits per heavy atom. The van der Waals surface area contributed by atoms with Gasteiger partial charge in [-0.25, -0.2) is 9.69 Å². The third-order valence-electron chi connectivity index (χ3n) is 6.97. The normalized spacial score (nSPS) is 14.2. The molecule has 0 aromatic heterocycles. The third-order valence-corrected chi connectivity index (χ3v) is 7.27. The molecule has 1 fully saturated rings. The Hall–Kier alpha value is -5.40. The van der Waals surface area contributed by atoms with Gasteiger partial charge in [0, 0.05) is 0 Å². The van der Waals surface area contributed by atoms with Gasteiger partial charge in [0.15, 0.2) is 0 Å². The van der Waals surface area contributed by atoms with Gasteiger partial charge in [-0.2, -0.15) is 0 Å². The predicted octanol–water partition coefficient (Wildman–Crippen LogP) is 7.32. The van der Waals surface area contributed by atoms with Crippen LogP contribution >= 0.6 is 11.6 Å². The number of fused-ring (bicyclic) bond motifs is 1. The van der Waals surface area contributed by atoms with Crippen molar-refractivity contribution in [1.29, 1.82) is 0 Å². The van der Waals surface area contributed by atoms with Crippen molar-refractivity contribution in [2.75, 3.05) is 4.90 Å². The molecule has 1 saturated heterocycles. The summed E-state index contributed by atoms with van der Waals surface area (Å²) >= 11 is 6.52. The SMILES string of the molecule is O=C1NC(=O)N(c2ccc(OCc3ccccc3)cc2)C(=O)/C1=C/c1ccc(OCc2cccc3ccccc23)c(Cl)c1. The van der Waals surface area contributed by atoms with Crippen LogP contribution in [0.3, 0.4) is 0 Å². The average Bonchev–Trinajstić information content (AvgIpc) is 3.02. The Bertz CT molecular complexity index is 1860. The fourth-order valence-electron chi connectivity index (χ4n) is 4.79. The van der Waals surface area contributed by atoms with Crippen LogP contribution in [0.4, 0.5) is 10.5 Å². The molecule has 1 aliphatic rings. The molecule has 0 unspecified atom stereocenters. The van der Waals surface area contributed by atoms with Gasteiger partial charge in [-0.3, -0.25) is 14.9 Å². The second-order valence-electron chi connectivity index (χ2n) is 9.84. The number of imide groups is 2. The van der Waals surface area contributed by atoms with Gasteiger partial charge in [0.25, 0.3) is 11.8 Å². The minimum atomic E-state index is -0.833. The number of amides is 4. The Morgan fingerprint density at radius 3 is 2.28 bits per heavy atom. The molecule has 4 amide bonds. The quantitative estimate of drug-likeness (QED) is 0.152. The number of barbiturate groups is 1. The number of hydrogen-bond acceptors (Lipinski definition) is 5. The van der Waals surface area contributed by atoms with Crippen LogP contribution in [0.2, 0.25) is 5.02 Å². The summed E-state index contributed by atoms with van der Waals surface area (Å²) in [5.74, 6) is -0.509. The largest absolute Gasteiger partial charge is 0.489 e. The Labute approximate surface area is 252 Å². The van der Waals surface area contributed by atoms with Crippen LogP contribution < -0.4 is 19.7 Å². The molecule has 0 saturated carbocycles. The van der Waals surface area contributed by atoms with E-state index in [9.17, 15) is 14.4 Å². The summed E-state index contributed by atoms with van der Waals surface area (Å²) < 4.78 is 11.8. The maximum Gasteiger partial charge on any atom is 0.335 e. The summed E-state index contributed by atoms with van der Waals surface area (Å²) in [7, 11) is 0. The number of carbonyl (C=O) groups is 3. The number of nitrogens with one attached hydrogen (secondary N) is 1. The second kappa shape index (κ2) is 12.2. The topological polar surface area (TPSA) is 84.9 Å². The van der Waals surface area contributed by atoms with Crippen molar-refractivity contribution in [3.05, 3.63) is 143 Å². The van der Waals surface area contributed by atoms with Crippen LogP contribution in [0.1, 0.15) is 16.7 Å². The summed E-state index contributed by atoms with van der Waals surface area (Å²) in [5.41, 5.74) is 2.62. The number of hydrogen-bond donors (Lipinski definition) is 1. The van der Waals surface area contributed by atoms with Gasteiger partial charge in [-0.1, -0.05) is 90.5 Å². The molecule has 8 heteroatoms. The van der Waals surface area contributed by atoms with Crippen molar-refractivity contribution >= 4 is 52.0 Å². The van der Waals surface area contributed by atoms with Crippen molar-refractivity contribution in [3.63, 3.8) is 0 Å². The van der Waals surface area contributed by atoms with Crippen LogP contribution in [0.5, 0.6) is 11.5 Å². The van der Waals surface area contributed by atoms with Crippen molar-refractivity contribution in [3.8, 4) is 11.5 Å². The molecule has 0 aliphatic carbocycles. The highest BCUT2D eigenvalue weighted by Gasteiger charge is 2.36. The molecule has 0 radical (unpaired) electrons. The highest BCUT2D eigenvalue weighted by atomic mass is 35.5. The first kappa shape index (κ1) is 27.8. The molecule has 1 N–H and O–H groups in total. The number of urea groups is 1. The zero-order valence-corrected chi connectivity index (χ0v) is 23.6. The average molecular weight is 589 g/mol. The summed E-state index contributed by atoms with van der Waals surface area (Å²) in [5, 5.41) is 4.77. The zero-order valence-electron chi connectivity index (χ0n) is 22.8. The zero-order chi connectivity index (χ0) is 29.8. The lowest BCUT2D eigenvalue weighted by molar-refractivity contribution is -0.122. The minimum absolute atomic E-state index is 0.204. The van der Waals surface area contributed by atoms with Gasteiger partial charge in [0.05, 0.1) is 10.7 Å². The van der Waals surface area contributed by atoms with E-state index in [1.165, 1.54) is 6.08 Å². The third kappa shape index (κ3) is 6.12. The standard InChI is InChI=1S/C35H25ClN2O5/c36-31-20-24(13-18-32(31)43-22-26-11-6-10-25-9-4-5-12-29(25)26)19-30-33(39)37-35(41)38(34(30)40)27-14-16-28(17-15-27)42-21-23-7-2-1-3-8-23/h1-20H,21-22H2,(H,37,39,41)/b30-19+. The van der Waals surface area contributed by atoms with E-state index in [-0.39, 0.29) is 5.57 Å². The molecule has 0 bridgehead atoms. The summed E-state index contributed by atoms with van der Waals surface area (Å²) in [4.78, 5) is 39.6. The first-order chi connectivity index (χ1) is 21.0. The van der Waals surface area contributed by atoms with E-state index >= 15 is 0 Å². The first-order valence-corrected chi connectivity index (χ1v) is 13.9. The lowest BCUT2D eigenvalue weighted by Crippen LogP contribution is -2.54. The summed E-state index contributed by atoms with van der Waals surface area (Å²) in [6.45, 7) is 0.690. The number of ether oxygens (including phenoxy) is 2. The number of benzene rings is 5. The lowest BCUT2D eigenvalue weighted by Gasteiger charge is -2.26. The molecule has 7 nitrogen and oxygen atoms in total. The molecule has 1 heterocycles. The second-order valence-corrected chi connectivity index (χ2v) is 10.3. The van der Waals surface area contributed by atoms with Gasteiger partial charge in [0.1, 0.15) is 30.3 Å². The van der Waals surface area contributed by atoms with Gasteiger partial charge < -0.3 is 9.47 Å². The van der Waals surface area contributed by atoms with Crippen molar-refractivity contribution < 1.29 is 23.9 Å². The van der Waals surface area contributed by atoms with E-state index in [4.69, 9.17) is 21.1 Å². The molecule has 212 valence electrons. The fourth-order valence-corrected chi connectivity index (χ4v) is 5.03. The first-order valence-electron chi connectivity index (χ1n) is 13.5. The molecular formula is C35H25ClN2O5. The van der Waals surface area contributed by atoms with E-state index in [0.29, 0.717) is 41.0 Å². The number of anilines is 1. The van der Waals surface area contributed by atoms with Crippen molar-refractivity contribution in [2.45, 2.75) is 13.2 Å². The molecule has 43 heavy (non-hydrogen) atoms. The van der Waals surface area contributed by atoms with Crippen molar-refractivity contribution in [1.82, 2.24) is 5.32 Å². The van der Waals surface area contributed by atoms with E-state index in [1.807, 2.05) is 72.8 Å². The molecular weight excluding hydrogens is 564 g/mol. The Morgan fingerprint density at radius 2 is 1.49 bits per heavy atom. The highest BCUT2D eigenvalue weighted by Crippen LogP contribution is 2.30. The van der Waals surface area contributed by atoms with E-state index in [0.717, 1.165) is 26.8 Å². The molecule has 0 spiro atoms. The molecule has 5 aromatic carbocycles. The van der Waals surface area contributed by atoms with Gasteiger partial charge in [0.2, 0.25) is 0 Å². The van der Waals surface area contributed by atoms with E-state index in [1.54, 1.807) is 42.5 Å². The Kier molecular flexibility index (Phi) is 7.89. The maximum absolute atomic E-state index is 13.4. The number of rotatable bonds is 8. The monoisotopic (exact) mass is 588 g/mol.